The third-order valence-corrected chi connectivity index (χ3v) is 2.49. The summed E-state index contributed by atoms with van der Waals surface area (Å²) < 4.78 is 5.58. The number of hydrogen-bond donors (Lipinski definition) is 1. The zero-order valence-electron chi connectivity index (χ0n) is 7.73. The van der Waals surface area contributed by atoms with Gasteiger partial charge < -0.3 is 10.1 Å². The van der Waals surface area contributed by atoms with Crippen molar-refractivity contribution in [3.8, 4) is 0 Å². The van der Waals surface area contributed by atoms with Gasteiger partial charge in [-0.05, 0) is 26.0 Å². The maximum absolute atomic E-state index is 6.02. The third kappa shape index (κ3) is 1.64. The van der Waals surface area contributed by atoms with E-state index in [0.29, 0.717) is 6.61 Å². The van der Waals surface area contributed by atoms with Gasteiger partial charge in [-0.15, -0.1) is 0 Å². The minimum atomic E-state index is -0.294. The van der Waals surface area contributed by atoms with Crippen molar-refractivity contribution in [1.82, 2.24) is 0 Å². The molecule has 2 rings (SSSR count). The summed E-state index contributed by atoms with van der Waals surface area (Å²) in [6.45, 7) is 4.57. The van der Waals surface area contributed by atoms with Crippen molar-refractivity contribution in [3.05, 3.63) is 28.8 Å². The Labute approximate surface area is 82.9 Å². The Morgan fingerprint density at radius 2 is 2.23 bits per heavy atom. The van der Waals surface area contributed by atoms with Gasteiger partial charge >= 0.3 is 0 Å². The highest BCUT2D eigenvalue weighted by molar-refractivity contribution is 6.31. The number of rotatable bonds is 0. The second-order valence-corrected chi connectivity index (χ2v) is 4.10. The van der Waals surface area contributed by atoms with Crippen LogP contribution in [0.1, 0.15) is 19.4 Å². The molecular formula is C10H12ClNO. The molecule has 1 N–H and O–H groups in total. The van der Waals surface area contributed by atoms with E-state index in [-0.39, 0.29) is 5.72 Å². The van der Waals surface area contributed by atoms with Gasteiger partial charge in [0.1, 0.15) is 5.72 Å². The number of nitrogens with one attached hydrogen (secondary N) is 1. The quantitative estimate of drug-likeness (QED) is 0.691. The molecular weight excluding hydrogens is 186 g/mol. The monoisotopic (exact) mass is 197 g/mol. The fourth-order valence-electron chi connectivity index (χ4n) is 1.44. The van der Waals surface area contributed by atoms with E-state index in [0.717, 1.165) is 16.3 Å². The Morgan fingerprint density at radius 3 is 3.00 bits per heavy atom. The van der Waals surface area contributed by atoms with Crippen LogP contribution in [0.25, 0.3) is 0 Å². The van der Waals surface area contributed by atoms with Crippen LogP contribution in [-0.2, 0) is 11.3 Å². The molecule has 0 aliphatic carbocycles. The molecule has 1 aromatic rings. The summed E-state index contributed by atoms with van der Waals surface area (Å²) in [5, 5.41) is 4.03. The number of fused-ring (bicyclic) bond motifs is 1. The SMILES string of the molecule is CC1(C)Nc2cccc(Cl)c2CO1. The fourth-order valence-corrected chi connectivity index (χ4v) is 1.66. The van der Waals surface area contributed by atoms with Crippen molar-refractivity contribution in [2.24, 2.45) is 0 Å². The first-order chi connectivity index (χ1) is 6.08. The first kappa shape index (κ1) is 8.85. The van der Waals surface area contributed by atoms with E-state index in [9.17, 15) is 0 Å². The Bertz CT molecular complexity index is 336. The van der Waals surface area contributed by atoms with Crippen LogP contribution in [0.5, 0.6) is 0 Å². The molecule has 13 heavy (non-hydrogen) atoms. The smallest absolute Gasteiger partial charge is 0.133 e. The Kier molecular flexibility index (Phi) is 1.97. The van der Waals surface area contributed by atoms with E-state index in [4.69, 9.17) is 16.3 Å². The Balaban J connectivity index is 2.42. The molecule has 0 saturated heterocycles. The average molecular weight is 198 g/mol. The summed E-state index contributed by atoms with van der Waals surface area (Å²) in [4.78, 5) is 0. The maximum Gasteiger partial charge on any atom is 0.133 e. The second kappa shape index (κ2) is 2.89. The molecule has 0 spiro atoms. The number of halogens is 1. The van der Waals surface area contributed by atoms with E-state index < -0.39 is 0 Å². The summed E-state index contributed by atoms with van der Waals surface area (Å²) in [7, 11) is 0. The van der Waals surface area contributed by atoms with E-state index in [1.807, 2.05) is 32.0 Å². The minimum Gasteiger partial charge on any atom is -0.358 e. The van der Waals surface area contributed by atoms with E-state index in [1.54, 1.807) is 0 Å². The molecule has 1 aliphatic rings. The predicted octanol–water partition coefficient (Wildman–Crippen LogP) is 3.02. The second-order valence-electron chi connectivity index (χ2n) is 3.69. The number of ether oxygens (including phenoxy) is 1. The summed E-state index contributed by atoms with van der Waals surface area (Å²) in [5.41, 5.74) is 1.82. The molecule has 2 nitrogen and oxygen atoms in total. The lowest BCUT2D eigenvalue weighted by molar-refractivity contribution is -0.0153. The van der Waals surface area contributed by atoms with Crippen LogP contribution in [0.2, 0.25) is 5.02 Å². The van der Waals surface area contributed by atoms with Gasteiger partial charge in [0.25, 0.3) is 0 Å². The molecule has 3 heteroatoms. The molecule has 0 aromatic heterocycles. The first-order valence-electron chi connectivity index (χ1n) is 4.28. The first-order valence-corrected chi connectivity index (χ1v) is 4.66. The van der Waals surface area contributed by atoms with Crippen LogP contribution in [0.4, 0.5) is 5.69 Å². The molecule has 70 valence electrons. The van der Waals surface area contributed by atoms with Crippen molar-refractivity contribution < 1.29 is 4.74 Å². The zero-order valence-corrected chi connectivity index (χ0v) is 8.48. The highest BCUT2D eigenvalue weighted by Gasteiger charge is 2.25. The van der Waals surface area contributed by atoms with Crippen molar-refractivity contribution in [3.63, 3.8) is 0 Å². The molecule has 0 radical (unpaired) electrons. The largest absolute Gasteiger partial charge is 0.358 e. The number of hydrogen-bond acceptors (Lipinski definition) is 2. The molecule has 0 bridgehead atoms. The van der Waals surface area contributed by atoms with Crippen LogP contribution in [0, 0.1) is 0 Å². The molecule has 1 heterocycles. The summed E-state index contributed by atoms with van der Waals surface area (Å²) in [6.07, 6.45) is 0. The fraction of sp³-hybridized carbons (Fsp3) is 0.400. The summed E-state index contributed by atoms with van der Waals surface area (Å²) in [6, 6.07) is 5.84. The van der Waals surface area contributed by atoms with Gasteiger partial charge in [0.15, 0.2) is 0 Å². The van der Waals surface area contributed by atoms with Gasteiger partial charge in [0.2, 0.25) is 0 Å². The molecule has 1 aromatic carbocycles. The lowest BCUT2D eigenvalue weighted by atomic mass is 10.1. The van der Waals surface area contributed by atoms with Gasteiger partial charge in [-0.2, -0.15) is 0 Å². The van der Waals surface area contributed by atoms with Crippen LogP contribution in [-0.4, -0.2) is 5.72 Å². The van der Waals surface area contributed by atoms with E-state index >= 15 is 0 Å². The van der Waals surface area contributed by atoms with Crippen LogP contribution < -0.4 is 5.32 Å². The maximum atomic E-state index is 6.02. The van der Waals surface area contributed by atoms with E-state index in [2.05, 4.69) is 5.32 Å². The topological polar surface area (TPSA) is 21.3 Å². The lowest BCUT2D eigenvalue weighted by Gasteiger charge is -2.34. The highest BCUT2D eigenvalue weighted by atomic mass is 35.5. The lowest BCUT2D eigenvalue weighted by Crippen LogP contribution is -2.37. The van der Waals surface area contributed by atoms with Gasteiger partial charge in [0.05, 0.1) is 6.61 Å². The molecule has 0 saturated carbocycles. The van der Waals surface area contributed by atoms with Crippen molar-refractivity contribution >= 4 is 17.3 Å². The number of anilines is 1. The highest BCUT2D eigenvalue weighted by Crippen LogP contribution is 2.32. The number of benzene rings is 1. The van der Waals surface area contributed by atoms with Gasteiger partial charge in [-0.25, -0.2) is 0 Å². The molecule has 0 unspecified atom stereocenters. The normalized spacial score (nSPS) is 19.0. The minimum absolute atomic E-state index is 0.294. The molecule has 1 aliphatic heterocycles. The Morgan fingerprint density at radius 1 is 1.46 bits per heavy atom. The summed E-state index contributed by atoms with van der Waals surface area (Å²) in [5.74, 6) is 0. The Hall–Kier alpha value is -0.730. The third-order valence-electron chi connectivity index (χ3n) is 2.13. The van der Waals surface area contributed by atoms with E-state index in [1.165, 1.54) is 0 Å². The summed E-state index contributed by atoms with van der Waals surface area (Å²) >= 11 is 6.02. The zero-order chi connectivity index (χ0) is 9.47. The van der Waals surface area contributed by atoms with Crippen molar-refractivity contribution in [1.29, 1.82) is 0 Å². The standard InChI is InChI=1S/C10H12ClNO/c1-10(2)12-9-5-3-4-8(11)7(9)6-13-10/h3-5,12H,6H2,1-2H3. The van der Waals surface area contributed by atoms with Crippen molar-refractivity contribution in [2.45, 2.75) is 26.2 Å². The molecule has 0 amide bonds. The van der Waals surface area contributed by atoms with Crippen LogP contribution >= 0.6 is 11.6 Å². The van der Waals surface area contributed by atoms with Crippen LogP contribution in [0.15, 0.2) is 18.2 Å². The van der Waals surface area contributed by atoms with Gasteiger partial charge in [-0.1, -0.05) is 17.7 Å². The van der Waals surface area contributed by atoms with Gasteiger partial charge in [-0.3, -0.25) is 0 Å². The van der Waals surface area contributed by atoms with Gasteiger partial charge in [0, 0.05) is 16.3 Å². The molecule has 0 fully saturated rings. The average Bonchev–Trinajstić information content (AvgIpc) is 2.02. The van der Waals surface area contributed by atoms with Crippen molar-refractivity contribution in [2.75, 3.05) is 5.32 Å². The predicted molar refractivity (Wildman–Crippen MR) is 53.9 cm³/mol. The molecule has 0 atom stereocenters. The van der Waals surface area contributed by atoms with Crippen LogP contribution in [0.3, 0.4) is 0 Å².